The fraction of sp³-hybridized carbons (Fsp3) is 0.381. The summed E-state index contributed by atoms with van der Waals surface area (Å²) in [6.45, 7) is 6.31. The van der Waals surface area contributed by atoms with E-state index in [2.05, 4.69) is 5.32 Å². The van der Waals surface area contributed by atoms with E-state index in [1.54, 1.807) is 50.2 Å². The predicted octanol–water partition coefficient (Wildman–Crippen LogP) is 4.22. The zero-order valence-electron chi connectivity index (χ0n) is 16.9. The van der Waals surface area contributed by atoms with Crippen molar-refractivity contribution in [3.05, 3.63) is 59.9 Å². The van der Waals surface area contributed by atoms with Gasteiger partial charge in [0.05, 0.1) is 10.9 Å². The summed E-state index contributed by atoms with van der Waals surface area (Å²) in [5, 5.41) is 2.92. The summed E-state index contributed by atoms with van der Waals surface area (Å²) >= 11 is 1.49. The number of carbonyl (C=O) groups excluding carboxylic acids is 1. The molecule has 2 rings (SSSR count). The Bertz CT molecular complexity index is 897. The van der Waals surface area contributed by atoms with E-state index in [0.29, 0.717) is 25.3 Å². The van der Waals surface area contributed by atoms with E-state index < -0.39 is 10.0 Å². The molecule has 0 spiro atoms. The first-order valence-corrected chi connectivity index (χ1v) is 12.0. The molecule has 1 unspecified atom stereocenters. The highest BCUT2D eigenvalue weighted by Gasteiger charge is 2.21. The van der Waals surface area contributed by atoms with Crippen molar-refractivity contribution in [2.45, 2.75) is 43.0 Å². The van der Waals surface area contributed by atoms with Crippen LogP contribution in [-0.4, -0.2) is 37.5 Å². The molecule has 0 aliphatic rings. The molecular weight excluding hydrogens is 411 g/mol. The average molecular weight is 439 g/mol. The second kappa shape index (κ2) is 10.8. The van der Waals surface area contributed by atoms with Crippen molar-refractivity contribution in [2.24, 2.45) is 0 Å². The van der Waals surface area contributed by atoms with Crippen molar-refractivity contribution >= 4 is 27.7 Å². The molecule has 0 saturated heterocycles. The second-order valence-electron chi connectivity index (χ2n) is 6.50. The maximum absolute atomic E-state index is 12.9. The van der Waals surface area contributed by atoms with Gasteiger partial charge < -0.3 is 5.32 Å². The van der Waals surface area contributed by atoms with Gasteiger partial charge >= 0.3 is 0 Å². The van der Waals surface area contributed by atoms with Gasteiger partial charge in [-0.15, -0.1) is 11.8 Å². The van der Waals surface area contributed by atoms with Gasteiger partial charge in [0.15, 0.2) is 0 Å². The van der Waals surface area contributed by atoms with E-state index >= 15 is 0 Å². The van der Waals surface area contributed by atoms with Crippen molar-refractivity contribution in [2.75, 3.05) is 18.8 Å². The molecule has 1 atom stereocenters. The van der Waals surface area contributed by atoms with Crippen LogP contribution in [0.15, 0.2) is 58.3 Å². The van der Waals surface area contributed by atoms with Gasteiger partial charge in [-0.05, 0) is 48.9 Å². The maximum Gasteiger partial charge on any atom is 0.243 e. The molecule has 5 nitrogen and oxygen atoms in total. The minimum Gasteiger partial charge on any atom is -0.350 e. The lowest BCUT2D eigenvalue weighted by Gasteiger charge is -2.19. The van der Waals surface area contributed by atoms with E-state index in [4.69, 9.17) is 0 Å². The smallest absolute Gasteiger partial charge is 0.243 e. The van der Waals surface area contributed by atoms with Crippen LogP contribution < -0.4 is 5.32 Å². The van der Waals surface area contributed by atoms with E-state index in [1.807, 2.05) is 6.92 Å². The summed E-state index contributed by atoms with van der Waals surface area (Å²) in [5.74, 6) is 0.217. The number of nitrogens with one attached hydrogen (secondary N) is 1. The molecule has 29 heavy (non-hydrogen) atoms. The molecule has 0 aliphatic heterocycles. The quantitative estimate of drug-likeness (QED) is 0.564. The fourth-order valence-corrected chi connectivity index (χ4v) is 5.14. The van der Waals surface area contributed by atoms with Crippen molar-refractivity contribution < 1.29 is 17.6 Å². The second-order valence-corrected chi connectivity index (χ2v) is 9.61. The summed E-state index contributed by atoms with van der Waals surface area (Å²) in [6, 6.07) is 12.6. The number of rotatable bonds is 10. The number of amides is 1. The van der Waals surface area contributed by atoms with E-state index in [-0.39, 0.29) is 22.7 Å². The third-order valence-electron chi connectivity index (χ3n) is 4.51. The number of carbonyl (C=O) groups is 1. The van der Waals surface area contributed by atoms with Crippen molar-refractivity contribution in [1.82, 2.24) is 9.62 Å². The first kappa shape index (κ1) is 23.4. The maximum atomic E-state index is 12.9. The summed E-state index contributed by atoms with van der Waals surface area (Å²) in [5.41, 5.74) is 0.836. The zero-order chi connectivity index (χ0) is 21.4. The van der Waals surface area contributed by atoms with Crippen LogP contribution in [0.2, 0.25) is 0 Å². The Kier molecular flexibility index (Phi) is 8.67. The van der Waals surface area contributed by atoms with Crippen LogP contribution in [0.25, 0.3) is 0 Å². The molecule has 1 amide bonds. The highest BCUT2D eigenvalue weighted by atomic mass is 32.2. The lowest BCUT2D eigenvalue weighted by molar-refractivity contribution is -0.121. The standard InChI is InChI=1S/C21H27FN2O3S2/c1-4-24(5-2)29(26,27)20-12-6-17(7-13-20)16(3)23-21(25)14-15-28-19-10-8-18(22)9-11-19/h6-13,16H,4-5,14-15H2,1-3H3,(H,23,25). The summed E-state index contributed by atoms with van der Waals surface area (Å²) in [4.78, 5) is 13.3. The number of thioether (sulfide) groups is 1. The Hall–Kier alpha value is -1.90. The van der Waals surface area contributed by atoms with Gasteiger partial charge in [0, 0.05) is 30.2 Å². The van der Waals surface area contributed by atoms with Gasteiger partial charge in [0.1, 0.15) is 5.82 Å². The molecule has 8 heteroatoms. The predicted molar refractivity (Wildman–Crippen MR) is 115 cm³/mol. The molecule has 0 fully saturated rings. The molecule has 0 radical (unpaired) electrons. The van der Waals surface area contributed by atoms with Crippen molar-refractivity contribution in [1.29, 1.82) is 0 Å². The van der Waals surface area contributed by atoms with Gasteiger partial charge in [0.2, 0.25) is 15.9 Å². The molecule has 158 valence electrons. The van der Waals surface area contributed by atoms with Crippen LogP contribution in [-0.2, 0) is 14.8 Å². The zero-order valence-corrected chi connectivity index (χ0v) is 18.5. The van der Waals surface area contributed by atoms with Crippen LogP contribution in [0.4, 0.5) is 4.39 Å². The van der Waals surface area contributed by atoms with Crippen molar-refractivity contribution in [3.8, 4) is 0 Å². The van der Waals surface area contributed by atoms with Gasteiger partial charge in [0.25, 0.3) is 0 Å². The van der Waals surface area contributed by atoms with Crippen LogP contribution in [0.5, 0.6) is 0 Å². The van der Waals surface area contributed by atoms with Gasteiger partial charge in [-0.25, -0.2) is 12.8 Å². The largest absolute Gasteiger partial charge is 0.350 e. The van der Waals surface area contributed by atoms with Gasteiger partial charge in [-0.3, -0.25) is 4.79 Å². The number of halogens is 1. The third kappa shape index (κ3) is 6.55. The number of nitrogens with zero attached hydrogens (tertiary/aromatic N) is 1. The highest BCUT2D eigenvalue weighted by Crippen LogP contribution is 2.21. The Labute approximate surface area is 176 Å². The first-order chi connectivity index (χ1) is 13.8. The van der Waals surface area contributed by atoms with Crippen LogP contribution in [0.3, 0.4) is 0 Å². The topological polar surface area (TPSA) is 66.5 Å². The summed E-state index contributed by atoms with van der Waals surface area (Å²) < 4.78 is 39.4. The van der Waals surface area contributed by atoms with Gasteiger partial charge in [-0.2, -0.15) is 4.31 Å². The van der Waals surface area contributed by atoms with Gasteiger partial charge in [-0.1, -0.05) is 26.0 Å². The molecule has 0 aromatic heterocycles. The highest BCUT2D eigenvalue weighted by molar-refractivity contribution is 7.99. The number of sulfonamides is 1. The SMILES string of the molecule is CCN(CC)S(=O)(=O)c1ccc(C(C)NC(=O)CCSc2ccc(F)cc2)cc1. The number of hydrogen-bond acceptors (Lipinski definition) is 4. The summed E-state index contributed by atoms with van der Waals surface area (Å²) in [6.07, 6.45) is 0.334. The molecular formula is C21H27FN2O3S2. The Morgan fingerprint density at radius 2 is 1.66 bits per heavy atom. The lowest BCUT2D eigenvalue weighted by Crippen LogP contribution is -2.30. The Morgan fingerprint density at radius 1 is 1.07 bits per heavy atom. The van der Waals surface area contributed by atoms with E-state index in [1.165, 1.54) is 28.2 Å². The minimum atomic E-state index is -3.49. The minimum absolute atomic E-state index is 0.0908. The summed E-state index contributed by atoms with van der Waals surface area (Å²) in [7, 11) is -3.49. The van der Waals surface area contributed by atoms with E-state index in [9.17, 15) is 17.6 Å². The monoisotopic (exact) mass is 438 g/mol. The third-order valence-corrected chi connectivity index (χ3v) is 7.59. The molecule has 0 saturated carbocycles. The van der Waals surface area contributed by atoms with Crippen LogP contribution in [0.1, 0.15) is 38.8 Å². The van der Waals surface area contributed by atoms with E-state index in [0.717, 1.165) is 10.5 Å². The van der Waals surface area contributed by atoms with Crippen molar-refractivity contribution in [3.63, 3.8) is 0 Å². The number of hydrogen-bond donors (Lipinski definition) is 1. The molecule has 1 N–H and O–H groups in total. The Balaban J connectivity index is 1.89. The Morgan fingerprint density at radius 3 is 2.21 bits per heavy atom. The lowest BCUT2D eigenvalue weighted by atomic mass is 10.1. The fourth-order valence-electron chi connectivity index (χ4n) is 2.83. The van der Waals surface area contributed by atoms with Crippen LogP contribution in [0, 0.1) is 5.82 Å². The number of benzene rings is 2. The molecule has 0 bridgehead atoms. The molecule has 2 aromatic rings. The molecule has 2 aromatic carbocycles. The normalized spacial score (nSPS) is 12.7. The molecule has 0 aliphatic carbocycles. The molecule has 0 heterocycles. The first-order valence-electron chi connectivity index (χ1n) is 9.55. The average Bonchev–Trinajstić information content (AvgIpc) is 2.70. The van der Waals surface area contributed by atoms with Crippen LogP contribution >= 0.6 is 11.8 Å².